The summed E-state index contributed by atoms with van der Waals surface area (Å²) < 4.78 is 5.30. The lowest BCUT2D eigenvalue weighted by Gasteiger charge is -2.60. The van der Waals surface area contributed by atoms with Crippen LogP contribution in [0.1, 0.15) is 84.6 Å². The number of hydrogen-bond donors (Lipinski definition) is 2. The Morgan fingerprint density at radius 3 is 2.41 bits per heavy atom. The average Bonchev–Trinajstić information content (AvgIpc) is 3.16. The van der Waals surface area contributed by atoms with Gasteiger partial charge >= 0.3 is 0 Å². The number of piperidine rings is 1. The van der Waals surface area contributed by atoms with Crippen molar-refractivity contribution in [3.8, 4) is 5.75 Å². The molecule has 34 heavy (non-hydrogen) atoms. The van der Waals surface area contributed by atoms with Crippen molar-refractivity contribution in [2.75, 3.05) is 7.11 Å². The maximum atomic E-state index is 13.7. The fourth-order valence-electron chi connectivity index (χ4n) is 8.61. The highest BCUT2D eigenvalue weighted by molar-refractivity contribution is 5.81. The number of nitrogens with one attached hydrogen (secondary N) is 2. The van der Waals surface area contributed by atoms with E-state index in [0.29, 0.717) is 30.2 Å². The van der Waals surface area contributed by atoms with Crippen LogP contribution in [0.3, 0.4) is 0 Å². The van der Waals surface area contributed by atoms with Gasteiger partial charge in [-0.15, -0.1) is 0 Å². The maximum absolute atomic E-state index is 13.7. The van der Waals surface area contributed by atoms with Crippen molar-refractivity contribution >= 4 is 11.8 Å². The van der Waals surface area contributed by atoms with Gasteiger partial charge in [-0.05, 0) is 105 Å². The van der Waals surface area contributed by atoms with Crippen LogP contribution in [0.4, 0.5) is 0 Å². The molecule has 5 heteroatoms. The van der Waals surface area contributed by atoms with Gasteiger partial charge in [-0.3, -0.25) is 9.59 Å². The van der Waals surface area contributed by atoms with Crippen LogP contribution in [0.5, 0.6) is 5.75 Å². The number of methoxy groups -OCH3 is 1. The van der Waals surface area contributed by atoms with Crippen LogP contribution in [0.15, 0.2) is 24.3 Å². The average molecular weight is 467 g/mol. The molecule has 186 valence electrons. The van der Waals surface area contributed by atoms with Gasteiger partial charge in [0, 0.05) is 18.4 Å². The molecule has 3 aliphatic carbocycles. The SMILES string of the molecule is COc1ccc(C(C)(C)NC(=O)[C@H]2CC[C@H]3[C@@H]4CC[C@H]5NC(=O)CC[C@]5(C)[C@H]4CC[C@]23C)cc1. The molecule has 0 radical (unpaired) electrons. The predicted octanol–water partition coefficient (Wildman–Crippen LogP) is 5.18. The molecule has 4 fully saturated rings. The summed E-state index contributed by atoms with van der Waals surface area (Å²) in [5.41, 5.74) is 0.952. The van der Waals surface area contributed by atoms with Crippen molar-refractivity contribution in [2.45, 2.75) is 90.6 Å². The van der Waals surface area contributed by atoms with Gasteiger partial charge in [-0.2, -0.15) is 0 Å². The van der Waals surface area contributed by atoms with Gasteiger partial charge in [0.15, 0.2) is 0 Å². The molecule has 0 unspecified atom stereocenters. The van der Waals surface area contributed by atoms with Crippen LogP contribution in [0.25, 0.3) is 0 Å². The fourth-order valence-corrected chi connectivity index (χ4v) is 8.61. The fraction of sp³-hybridized carbons (Fsp3) is 0.724. The minimum atomic E-state index is -0.430. The van der Waals surface area contributed by atoms with Crippen molar-refractivity contribution < 1.29 is 14.3 Å². The number of rotatable bonds is 4. The van der Waals surface area contributed by atoms with Gasteiger partial charge in [0.25, 0.3) is 0 Å². The van der Waals surface area contributed by atoms with E-state index in [4.69, 9.17) is 4.74 Å². The molecule has 7 atom stereocenters. The molecule has 5 nitrogen and oxygen atoms in total. The number of carbonyl (C=O) groups excluding carboxylic acids is 2. The van der Waals surface area contributed by atoms with E-state index in [9.17, 15) is 9.59 Å². The van der Waals surface area contributed by atoms with E-state index in [-0.39, 0.29) is 28.6 Å². The summed E-state index contributed by atoms with van der Waals surface area (Å²) in [5.74, 6) is 3.32. The van der Waals surface area contributed by atoms with E-state index in [2.05, 4.69) is 38.3 Å². The second kappa shape index (κ2) is 8.27. The first-order valence-corrected chi connectivity index (χ1v) is 13.3. The molecule has 0 spiro atoms. The number of benzene rings is 1. The van der Waals surface area contributed by atoms with Crippen LogP contribution < -0.4 is 15.4 Å². The summed E-state index contributed by atoms with van der Waals surface area (Å²) in [5, 5.41) is 6.74. The Morgan fingerprint density at radius 2 is 1.71 bits per heavy atom. The first kappa shape index (κ1) is 23.7. The highest BCUT2D eigenvalue weighted by Gasteiger charge is 2.61. The van der Waals surface area contributed by atoms with Crippen molar-refractivity contribution in [2.24, 2.45) is 34.5 Å². The Kier molecular flexibility index (Phi) is 5.76. The van der Waals surface area contributed by atoms with Gasteiger partial charge in [0.1, 0.15) is 5.75 Å². The number of amides is 2. The van der Waals surface area contributed by atoms with Crippen molar-refractivity contribution in [1.82, 2.24) is 10.6 Å². The van der Waals surface area contributed by atoms with E-state index in [1.54, 1.807) is 7.11 Å². The maximum Gasteiger partial charge on any atom is 0.224 e. The first-order valence-electron chi connectivity index (χ1n) is 13.3. The molecule has 0 bridgehead atoms. The van der Waals surface area contributed by atoms with Gasteiger partial charge < -0.3 is 15.4 Å². The van der Waals surface area contributed by atoms with E-state index >= 15 is 0 Å². The lowest BCUT2D eigenvalue weighted by atomic mass is 9.47. The quantitative estimate of drug-likeness (QED) is 0.642. The number of carbonyl (C=O) groups is 2. The summed E-state index contributed by atoms with van der Waals surface area (Å²) in [6.45, 7) is 9.03. The zero-order valence-corrected chi connectivity index (χ0v) is 21.6. The van der Waals surface area contributed by atoms with Crippen molar-refractivity contribution in [3.63, 3.8) is 0 Å². The molecule has 1 aromatic carbocycles. The molecule has 1 aliphatic heterocycles. The third kappa shape index (κ3) is 3.65. The topological polar surface area (TPSA) is 67.4 Å². The predicted molar refractivity (Wildman–Crippen MR) is 133 cm³/mol. The molecular formula is C29H42N2O3. The highest BCUT2D eigenvalue weighted by Crippen LogP contribution is 2.65. The normalized spacial score (nSPS) is 39.3. The van der Waals surface area contributed by atoms with Crippen LogP contribution in [0, 0.1) is 34.5 Å². The largest absolute Gasteiger partial charge is 0.497 e. The van der Waals surface area contributed by atoms with E-state index in [0.717, 1.165) is 43.4 Å². The minimum absolute atomic E-state index is 0.0718. The first-order chi connectivity index (χ1) is 16.1. The molecule has 1 saturated heterocycles. The van der Waals surface area contributed by atoms with Gasteiger partial charge in [0.05, 0.1) is 12.6 Å². The Hall–Kier alpha value is -2.04. The molecule has 4 aliphatic rings. The molecule has 2 amide bonds. The molecule has 1 aromatic rings. The second-order valence-corrected chi connectivity index (χ2v) is 12.6. The summed E-state index contributed by atoms with van der Waals surface area (Å²) in [4.78, 5) is 25.8. The Bertz CT molecular complexity index is 957. The molecule has 3 saturated carbocycles. The summed E-state index contributed by atoms with van der Waals surface area (Å²) >= 11 is 0. The number of hydrogen-bond acceptors (Lipinski definition) is 3. The number of fused-ring (bicyclic) bond motifs is 5. The van der Waals surface area contributed by atoms with Crippen LogP contribution >= 0.6 is 0 Å². The zero-order chi connectivity index (χ0) is 24.3. The lowest BCUT2D eigenvalue weighted by Crippen LogP contribution is -2.61. The Morgan fingerprint density at radius 1 is 1.00 bits per heavy atom. The zero-order valence-electron chi connectivity index (χ0n) is 21.6. The molecule has 0 aromatic heterocycles. The summed E-state index contributed by atoms with van der Waals surface area (Å²) in [6, 6.07) is 8.35. The molecular weight excluding hydrogens is 424 g/mol. The van der Waals surface area contributed by atoms with E-state index < -0.39 is 5.54 Å². The van der Waals surface area contributed by atoms with Crippen molar-refractivity contribution in [1.29, 1.82) is 0 Å². The van der Waals surface area contributed by atoms with Crippen molar-refractivity contribution in [3.05, 3.63) is 29.8 Å². The Balaban J connectivity index is 1.32. The third-order valence-corrected chi connectivity index (χ3v) is 10.7. The number of ether oxygens (including phenoxy) is 1. The third-order valence-electron chi connectivity index (χ3n) is 10.7. The van der Waals surface area contributed by atoms with E-state index in [1.807, 2.05) is 24.3 Å². The molecule has 1 heterocycles. The van der Waals surface area contributed by atoms with Gasteiger partial charge in [-0.1, -0.05) is 26.0 Å². The summed E-state index contributed by atoms with van der Waals surface area (Å²) in [7, 11) is 1.67. The summed E-state index contributed by atoms with van der Waals surface area (Å²) in [6.07, 6.45) is 8.44. The van der Waals surface area contributed by atoms with Gasteiger partial charge in [0.2, 0.25) is 11.8 Å². The smallest absolute Gasteiger partial charge is 0.224 e. The standard InChI is InChI=1S/C29H42N2O3/c1-27(2,18-6-8-19(34-5)9-7-18)31-26(33)23-12-11-21-20-10-13-24-29(4,17-15-25(32)30-24)22(20)14-16-28(21,23)3/h6-9,20-24H,10-17H2,1-5H3,(H,30,32)(H,31,33)/t20-,21-,22-,23+,24+,28-,29+/m0/s1. The lowest BCUT2D eigenvalue weighted by molar-refractivity contribution is -0.142. The van der Waals surface area contributed by atoms with E-state index in [1.165, 1.54) is 12.8 Å². The molecule has 5 rings (SSSR count). The molecule has 2 N–H and O–H groups in total. The van der Waals surface area contributed by atoms with Gasteiger partial charge in [-0.25, -0.2) is 0 Å². The van der Waals surface area contributed by atoms with Crippen LogP contribution in [-0.4, -0.2) is 25.0 Å². The highest BCUT2D eigenvalue weighted by atomic mass is 16.5. The monoisotopic (exact) mass is 466 g/mol. The second-order valence-electron chi connectivity index (χ2n) is 12.6. The van der Waals surface area contributed by atoms with Crippen LogP contribution in [0.2, 0.25) is 0 Å². The minimum Gasteiger partial charge on any atom is -0.497 e. The Labute approximate surface area is 204 Å². The van der Waals surface area contributed by atoms with Crippen LogP contribution in [-0.2, 0) is 15.1 Å².